The van der Waals surface area contributed by atoms with Gasteiger partial charge in [0.1, 0.15) is 6.10 Å². The molecule has 2 rings (SSSR count). The first-order valence-electron chi connectivity index (χ1n) is 7.76. The van der Waals surface area contributed by atoms with Crippen LogP contribution in [0.5, 0.6) is 0 Å². The molecule has 0 heterocycles. The second-order valence-corrected chi connectivity index (χ2v) is 7.23. The Hall–Kier alpha value is -0.860. The van der Waals surface area contributed by atoms with Crippen LogP contribution in [-0.4, -0.2) is 17.3 Å². The molecule has 1 N–H and O–H groups in total. The molecule has 4 unspecified atom stereocenters. The number of hydrogen-bond donors (Lipinski definition) is 1. The lowest BCUT2D eigenvalue weighted by molar-refractivity contribution is -0.102. The Morgan fingerprint density at radius 1 is 1.20 bits per heavy atom. The van der Waals surface area contributed by atoms with Crippen molar-refractivity contribution in [1.82, 2.24) is 0 Å². The zero-order chi connectivity index (χ0) is 14.8. The third-order valence-corrected chi connectivity index (χ3v) is 4.34. The number of aliphatic hydroxyl groups excluding tert-OH is 1. The van der Waals surface area contributed by atoms with Crippen LogP contribution in [0.25, 0.3) is 0 Å². The van der Waals surface area contributed by atoms with Gasteiger partial charge in [-0.15, -0.1) is 0 Å². The smallest absolute Gasteiger partial charge is 0.105 e. The summed E-state index contributed by atoms with van der Waals surface area (Å²) < 4.78 is 6.16. The van der Waals surface area contributed by atoms with Gasteiger partial charge >= 0.3 is 0 Å². The van der Waals surface area contributed by atoms with Gasteiger partial charge in [0.25, 0.3) is 0 Å². The van der Waals surface area contributed by atoms with Gasteiger partial charge in [-0.05, 0) is 43.1 Å². The molecule has 0 saturated heterocycles. The molecule has 0 amide bonds. The van der Waals surface area contributed by atoms with E-state index in [1.165, 1.54) is 6.42 Å². The van der Waals surface area contributed by atoms with E-state index in [9.17, 15) is 5.11 Å². The van der Waals surface area contributed by atoms with E-state index < -0.39 is 6.10 Å². The monoisotopic (exact) mass is 276 g/mol. The molecule has 0 spiro atoms. The minimum Gasteiger partial charge on any atom is -0.386 e. The topological polar surface area (TPSA) is 29.5 Å². The molecule has 0 aromatic heterocycles. The summed E-state index contributed by atoms with van der Waals surface area (Å²) in [5.74, 6) is 0.699. The van der Waals surface area contributed by atoms with E-state index in [1.807, 2.05) is 37.3 Å². The van der Waals surface area contributed by atoms with Gasteiger partial charge in [-0.3, -0.25) is 0 Å². The minimum absolute atomic E-state index is 0.163. The van der Waals surface area contributed by atoms with Crippen LogP contribution in [0.15, 0.2) is 30.3 Å². The van der Waals surface area contributed by atoms with Crippen molar-refractivity contribution in [3.63, 3.8) is 0 Å². The predicted octanol–water partition coefficient (Wildman–Crippen LogP) is 4.34. The van der Waals surface area contributed by atoms with Crippen molar-refractivity contribution < 1.29 is 9.84 Å². The first-order valence-corrected chi connectivity index (χ1v) is 7.76. The highest BCUT2D eigenvalue weighted by atomic mass is 16.5. The van der Waals surface area contributed by atoms with Crippen LogP contribution in [0, 0.1) is 11.3 Å². The van der Waals surface area contributed by atoms with Gasteiger partial charge in [-0.2, -0.15) is 0 Å². The quantitative estimate of drug-likeness (QED) is 0.886. The van der Waals surface area contributed by atoms with Gasteiger partial charge in [-0.1, -0.05) is 51.1 Å². The average Bonchev–Trinajstić information content (AvgIpc) is 2.36. The Balaban J connectivity index is 1.95. The SMILES string of the molecule is CC1CC(OC(C)C(O)c2ccccc2)CC(C)(C)C1. The molecular weight excluding hydrogens is 248 g/mol. The fourth-order valence-electron chi connectivity index (χ4n) is 3.66. The summed E-state index contributed by atoms with van der Waals surface area (Å²) in [6, 6.07) is 9.79. The molecule has 1 aliphatic carbocycles. The summed E-state index contributed by atoms with van der Waals surface area (Å²) in [7, 11) is 0. The zero-order valence-electron chi connectivity index (χ0n) is 13.2. The molecule has 1 fully saturated rings. The van der Waals surface area contributed by atoms with Crippen molar-refractivity contribution in [1.29, 1.82) is 0 Å². The van der Waals surface area contributed by atoms with Crippen LogP contribution >= 0.6 is 0 Å². The summed E-state index contributed by atoms with van der Waals surface area (Å²) >= 11 is 0. The lowest BCUT2D eigenvalue weighted by Gasteiger charge is -2.40. The Labute approximate surface area is 123 Å². The standard InChI is InChI=1S/C18H28O2/c1-13-10-16(12-18(3,4)11-13)20-14(2)17(19)15-8-6-5-7-9-15/h5-9,13-14,16-17,19H,10-12H2,1-4H3. The van der Waals surface area contributed by atoms with Crippen LogP contribution in [0.1, 0.15) is 58.6 Å². The summed E-state index contributed by atoms with van der Waals surface area (Å²) in [6.07, 6.45) is 3.02. The Kier molecular flexibility index (Phi) is 4.87. The Bertz CT molecular complexity index is 413. The maximum absolute atomic E-state index is 10.4. The summed E-state index contributed by atoms with van der Waals surface area (Å²) in [5.41, 5.74) is 1.28. The number of ether oxygens (including phenoxy) is 1. The molecule has 1 aliphatic rings. The molecule has 20 heavy (non-hydrogen) atoms. The molecule has 0 radical (unpaired) electrons. The fraction of sp³-hybridized carbons (Fsp3) is 0.667. The number of aliphatic hydroxyl groups is 1. The van der Waals surface area contributed by atoms with Gasteiger partial charge in [0.15, 0.2) is 0 Å². The van der Waals surface area contributed by atoms with E-state index in [-0.39, 0.29) is 12.2 Å². The maximum Gasteiger partial charge on any atom is 0.105 e. The van der Waals surface area contributed by atoms with Crippen LogP contribution in [0.4, 0.5) is 0 Å². The lowest BCUT2D eigenvalue weighted by Crippen LogP contribution is -2.35. The first kappa shape index (κ1) is 15.5. The third kappa shape index (κ3) is 4.07. The first-order chi connectivity index (χ1) is 9.37. The lowest BCUT2D eigenvalue weighted by atomic mass is 9.71. The highest BCUT2D eigenvalue weighted by molar-refractivity contribution is 5.18. The molecule has 2 heteroatoms. The van der Waals surface area contributed by atoms with Crippen molar-refractivity contribution in [2.24, 2.45) is 11.3 Å². The number of benzene rings is 1. The van der Waals surface area contributed by atoms with Gasteiger partial charge in [-0.25, -0.2) is 0 Å². The van der Waals surface area contributed by atoms with Crippen molar-refractivity contribution >= 4 is 0 Å². The summed E-state index contributed by atoms with van der Waals surface area (Å²) in [6.45, 7) is 8.91. The highest BCUT2D eigenvalue weighted by Gasteiger charge is 2.34. The molecule has 2 nitrogen and oxygen atoms in total. The summed E-state index contributed by atoms with van der Waals surface area (Å²) in [5, 5.41) is 10.4. The Morgan fingerprint density at radius 3 is 2.45 bits per heavy atom. The van der Waals surface area contributed by atoms with Crippen LogP contribution < -0.4 is 0 Å². The Morgan fingerprint density at radius 2 is 1.85 bits per heavy atom. The molecule has 1 saturated carbocycles. The van der Waals surface area contributed by atoms with Gasteiger partial charge < -0.3 is 9.84 Å². The molecular formula is C18H28O2. The molecule has 112 valence electrons. The number of rotatable bonds is 4. The van der Waals surface area contributed by atoms with Crippen LogP contribution in [0.2, 0.25) is 0 Å². The molecule has 0 bridgehead atoms. The largest absolute Gasteiger partial charge is 0.386 e. The van der Waals surface area contributed by atoms with Gasteiger partial charge in [0.2, 0.25) is 0 Å². The van der Waals surface area contributed by atoms with Gasteiger partial charge in [0, 0.05) is 0 Å². The molecule has 1 aromatic carbocycles. The molecule has 0 aliphatic heterocycles. The molecule has 4 atom stereocenters. The predicted molar refractivity (Wildman–Crippen MR) is 82.5 cm³/mol. The second-order valence-electron chi connectivity index (χ2n) is 7.23. The average molecular weight is 276 g/mol. The van der Waals surface area contributed by atoms with E-state index >= 15 is 0 Å². The van der Waals surface area contributed by atoms with Gasteiger partial charge in [0.05, 0.1) is 12.2 Å². The number of hydrogen-bond acceptors (Lipinski definition) is 2. The molecule has 1 aromatic rings. The fourth-order valence-corrected chi connectivity index (χ4v) is 3.66. The third-order valence-electron chi connectivity index (χ3n) is 4.34. The minimum atomic E-state index is -0.545. The van der Waals surface area contributed by atoms with E-state index in [2.05, 4.69) is 20.8 Å². The van der Waals surface area contributed by atoms with E-state index in [0.29, 0.717) is 11.3 Å². The second kappa shape index (κ2) is 6.28. The van der Waals surface area contributed by atoms with Crippen molar-refractivity contribution in [3.8, 4) is 0 Å². The zero-order valence-corrected chi connectivity index (χ0v) is 13.2. The van der Waals surface area contributed by atoms with Crippen LogP contribution in [-0.2, 0) is 4.74 Å². The van der Waals surface area contributed by atoms with Crippen molar-refractivity contribution in [3.05, 3.63) is 35.9 Å². The summed E-state index contributed by atoms with van der Waals surface area (Å²) in [4.78, 5) is 0. The van der Waals surface area contributed by atoms with Crippen molar-refractivity contribution in [2.45, 2.75) is 65.3 Å². The van der Waals surface area contributed by atoms with E-state index in [1.54, 1.807) is 0 Å². The normalized spacial score (nSPS) is 28.9. The van der Waals surface area contributed by atoms with Crippen LogP contribution in [0.3, 0.4) is 0 Å². The highest BCUT2D eigenvalue weighted by Crippen LogP contribution is 2.40. The maximum atomic E-state index is 10.4. The van der Waals surface area contributed by atoms with E-state index in [4.69, 9.17) is 4.74 Å². The van der Waals surface area contributed by atoms with E-state index in [0.717, 1.165) is 18.4 Å². The van der Waals surface area contributed by atoms with Crippen molar-refractivity contribution in [2.75, 3.05) is 0 Å².